The van der Waals surface area contributed by atoms with Crippen LogP contribution >= 0.6 is 0 Å². The first kappa shape index (κ1) is 15.9. The van der Waals surface area contributed by atoms with Crippen LogP contribution in [0.3, 0.4) is 0 Å². The van der Waals surface area contributed by atoms with Crippen LogP contribution in [-0.4, -0.2) is 82.1 Å². The molecule has 0 saturated carbocycles. The fraction of sp³-hybridized carbons (Fsp3) is 1.00. The first-order valence-electron chi connectivity index (χ1n) is 6.75. The zero-order valence-corrected chi connectivity index (χ0v) is 12.7. The Morgan fingerprint density at radius 2 is 1.83 bits per heavy atom. The van der Waals surface area contributed by atoms with Gasteiger partial charge in [0, 0.05) is 45.8 Å². The van der Waals surface area contributed by atoms with Gasteiger partial charge in [0.25, 0.3) is 0 Å². The van der Waals surface area contributed by atoms with Crippen LogP contribution in [0.4, 0.5) is 0 Å². The summed E-state index contributed by atoms with van der Waals surface area (Å²) in [5.74, 6) is 0.267. The van der Waals surface area contributed by atoms with E-state index in [1.165, 1.54) is 0 Å². The highest BCUT2D eigenvalue weighted by Gasteiger charge is 2.17. The van der Waals surface area contributed by atoms with Gasteiger partial charge < -0.3 is 10.2 Å². The van der Waals surface area contributed by atoms with Crippen molar-refractivity contribution in [3.63, 3.8) is 0 Å². The maximum absolute atomic E-state index is 11.7. The zero-order valence-electron chi connectivity index (χ0n) is 11.9. The molecule has 108 valence electrons. The van der Waals surface area contributed by atoms with Crippen molar-refractivity contribution in [1.82, 2.24) is 15.1 Å². The molecule has 0 unspecified atom stereocenters. The van der Waals surface area contributed by atoms with E-state index in [0.29, 0.717) is 6.54 Å². The number of nitrogens with one attached hydrogen (secondary N) is 1. The van der Waals surface area contributed by atoms with Crippen molar-refractivity contribution in [3.05, 3.63) is 0 Å². The second kappa shape index (κ2) is 7.43. The van der Waals surface area contributed by atoms with Gasteiger partial charge in [0.1, 0.15) is 0 Å². The average Bonchev–Trinajstić information content (AvgIpc) is 2.35. The second-order valence-corrected chi connectivity index (χ2v) is 7.99. The van der Waals surface area contributed by atoms with Crippen molar-refractivity contribution in [3.8, 4) is 0 Å². The number of hydrogen-bond acceptors (Lipinski definition) is 5. The molecule has 0 atom stereocenters. The largest absolute Gasteiger partial charge is 0.314 e. The molecule has 0 aromatic rings. The maximum Gasteiger partial charge on any atom is 0.153 e. The zero-order chi connectivity index (χ0) is 13.6. The van der Waals surface area contributed by atoms with Crippen LogP contribution in [0.2, 0.25) is 0 Å². The monoisotopic (exact) mass is 277 g/mol. The predicted octanol–water partition coefficient (Wildman–Crippen LogP) is -0.353. The molecule has 1 aliphatic heterocycles. The number of rotatable bonds is 7. The van der Waals surface area contributed by atoms with Crippen molar-refractivity contribution < 1.29 is 8.42 Å². The predicted molar refractivity (Wildman–Crippen MR) is 75.7 cm³/mol. The first-order valence-corrected chi connectivity index (χ1v) is 8.46. The van der Waals surface area contributed by atoms with Gasteiger partial charge in [-0.15, -0.1) is 0 Å². The van der Waals surface area contributed by atoms with E-state index < -0.39 is 9.84 Å². The van der Waals surface area contributed by atoms with Crippen molar-refractivity contribution in [2.45, 2.75) is 19.1 Å². The summed E-state index contributed by atoms with van der Waals surface area (Å²) in [5.41, 5.74) is 0. The first-order chi connectivity index (χ1) is 8.42. The molecule has 1 fully saturated rings. The summed E-state index contributed by atoms with van der Waals surface area (Å²) in [6.07, 6.45) is 0. The van der Waals surface area contributed by atoms with Gasteiger partial charge in [-0.05, 0) is 20.9 Å². The summed E-state index contributed by atoms with van der Waals surface area (Å²) in [6.45, 7) is 10.4. The molecule has 1 heterocycles. The maximum atomic E-state index is 11.7. The van der Waals surface area contributed by atoms with Gasteiger partial charge in [-0.25, -0.2) is 8.42 Å². The van der Waals surface area contributed by atoms with Crippen LogP contribution < -0.4 is 5.32 Å². The summed E-state index contributed by atoms with van der Waals surface area (Å²) in [7, 11) is -0.904. The van der Waals surface area contributed by atoms with Crippen molar-refractivity contribution >= 4 is 9.84 Å². The smallest absolute Gasteiger partial charge is 0.153 e. The van der Waals surface area contributed by atoms with Crippen LogP contribution in [0, 0.1) is 0 Å². The molecule has 18 heavy (non-hydrogen) atoms. The fourth-order valence-corrected chi connectivity index (χ4v) is 2.92. The molecule has 1 rings (SSSR count). The van der Waals surface area contributed by atoms with E-state index in [0.717, 1.165) is 39.3 Å². The lowest BCUT2D eigenvalue weighted by Crippen LogP contribution is -2.46. The molecular weight excluding hydrogens is 250 g/mol. The van der Waals surface area contributed by atoms with Crippen molar-refractivity contribution in [2.75, 3.05) is 58.6 Å². The summed E-state index contributed by atoms with van der Waals surface area (Å²) >= 11 is 0. The quantitative estimate of drug-likeness (QED) is 0.689. The number of likely N-dealkylation sites (N-methyl/N-ethyl adjacent to an activating group) is 1. The molecule has 6 heteroatoms. The molecule has 0 aromatic carbocycles. The Bertz CT molecular complexity index is 324. The molecule has 0 bridgehead atoms. The average molecular weight is 277 g/mol. The number of sulfone groups is 1. The summed E-state index contributed by atoms with van der Waals surface area (Å²) < 4.78 is 23.4. The standard InChI is InChI=1S/C12H27N3O2S/c1-12(2)18(16,17)11-10-14(3)8-9-15-6-4-13-5-7-15/h12-13H,4-11H2,1-3H3. The highest BCUT2D eigenvalue weighted by atomic mass is 32.2. The van der Waals surface area contributed by atoms with Crippen LogP contribution in [0.25, 0.3) is 0 Å². The van der Waals surface area contributed by atoms with Gasteiger partial charge in [0.05, 0.1) is 11.0 Å². The van der Waals surface area contributed by atoms with Crippen LogP contribution in [0.5, 0.6) is 0 Å². The fourth-order valence-electron chi connectivity index (χ4n) is 1.88. The molecule has 0 amide bonds. The number of hydrogen-bond donors (Lipinski definition) is 1. The molecule has 1 aliphatic rings. The van der Waals surface area contributed by atoms with Gasteiger partial charge >= 0.3 is 0 Å². The van der Waals surface area contributed by atoms with Crippen LogP contribution in [-0.2, 0) is 9.84 Å². The normalized spacial score (nSPS) is 18.7. The van der Waals surface area contributed by atoms with E-state index in [4.69, 9.17) is 0 Å². The molecule has 0 aliphatic carbocycles. The van der Waals surface area contributed by atoms with E-state index in [9.17, 15) is 8.42 Å². The van der Waals surface area contributed by atoms with E-state index >= 15 is 0 Å². The molecule has 0 aromatic heterocycles. The number of nitrogens with zero attached hydrogens (tertiary/aromatic N) is 2. The van der Waals surface area contributed by atoms with Crippen LogP contribution in [0.1, 0.15) is 13.8 Å². The third-order valence-corrected chi connectivity index (χ3v) is 5.67. The van der Waals surface area contributed by atoms with Crippen molar-refractivity contribution in [1.29, 1.82) is 0 Å². The van der Waals surface area contributed by atoms with Gasteiger partial charge in [-0.3, -0.25) is 4.90 Å². The molecular formula is C12H27N3O2S. The molecule has 1 N–H and O–H groups in total. The Labute approximate surface area is 111 Å². The third-order valence-electron chi connectivity index (χ3n) is 3.48. The summed E-state index contributed by atoms with van der Waals surface area (Å²) in [4.78, 5) is 4.53. The van der Waals surface area contributed by atoms with Gasteiger partial charge in [-0.1, -0.05) is 0 Å². The van der Waals surface area contributed by atoms with Crippen LogP contribution in [0.15, 0.2) is 0 Å². The van der Waals surface area contributed by atoms with E-state index in [-0.39, 0.29) is 11.0 Å². The van der Waals surface area contributed by atoms with Gasteiger partial charge in [-0.2, -0.15) is 0 Å². The lowest BCUT2D eigenvalue weighted by atomic mass is 10.3. The molecule has 1 saturated heterocycles. The Morgan fingerprint density at radius 1 is 1.22 bits per heavy atom. The molecule has 0 spiro atoms. The Morgan fingerprint density at radius 3 is 2.39 bits per heavy atom. The summed E-state index contributed by atoms with van der Waals surface area (Å²) in [5, 5.41) is 3.06. The Balaban J connectivity index is 2.19. The number of piperazine rings is 1. The Kier molecular flexibility index (Phi) is 6.55. The highest BCUT2D eigenvalue weighted by Crippen LogP contribution is 2.01. The van der Waals surface area contributed by atoms with Crippen molar-refractivity contribution in [2.24, 2.45) is 0 Å². The van der Waals surface area contributed by atoms with E-state index in [1.807, 2.05) is 7.05 Å². The second-order valence-electron chi connectivity index (χ2n) is 5.31. The molecule has 5 nitrogen and oxygen atoms in total. The Hall–Kier alpha value is -0.170. The minimum absolute atomic E-state index is 0.265. The minimum Gasteiger partial charge on any atom is -0.314 e. The lowest BCUT2D eigenvalue weighted by Gasteiger charge is -2.29. The topological polar surface area (TPSA) is 52.7 Å². The lowest BCUT2D eigenvalue weighted by molar-refractivity contribution is 0.208. The summed E-state index contributed by atoms with van der Waals surface area (Å²) in [6, 6.07) is 0. The van der Waals surface area contributed by atoms with Gasteiger partial charge in [0.2, 0.25) is 0 Å². The third kappa shape index (κ3) is 5.65. The van der Waals surface area contributed by atoms with Gasteiger partial charge in [0.15, 0.2) is 9.84 Å². The SMILES string of the molecule is CC(C)S(=O)(=O)CCN(C)CCN1CCNCC1. The van der Waals surface area contributed by atoms with E-state index in [1.54, 1.807) is 13.8 Å². The highest BCUT2D eigenvalue weighted by molar-refractivity contribution is 7.92. The van der Waals surface area contributed by atoms with E-state index in [2.05, 4.69) is 15.1 Å². The minimum atomic E-state index is -2.90. The molecule has 0 radical (unpaired) electrons.